The average Bonchev–Trinajstić information content (AvgIpc) is 2.79. The molecular formula is C12H23NO3. The maximum atomic E-state index is 6.09. The highest BCUT2D eigenvalue weighted by atomic mass is 16.8. The predicted octanol–water partition coefficient (Wildman–Crippen LogP) is 1.42. The summed E-state index contributed by atoms with van der Waals surface area (Å²) in [4.78, 5) is 0. The Bertz CT molecular complexity index is 242. The monoisotopic (exact) mass is 229 g/mol. The highest BCUT2D eigenvalue weighted by Crippen LogP contribution is 2.42. The number of ether oxygens (including phenoxy) is 3. The molecule has 2 fully saturated rings. The maximum Gasteiger partial charge on any atom is 0.168 e. The first-order chi connectivity index (χ1) is 7.65. The third-order valence-corrected chi connectivity index (χ3v) is 3.78. The summed E-state index contributed by atoms with van der Waals surface area (Å²) in [7, 11) is 0. The first-order valence-corrected chi connectivity index (χ1v) is 6.38. The Hall–Kier alpha value is -0.160. The van der Waals surface area contributed by atoms with Crippen LogP contribution in [-0.2, 0) is 14.2 Å². The van der Waals surface area contributed by atoms with Crippen LogP contribution < -0.4 is 5.73 Å². The fourth-order valence-corrected chi connectivity index (χ4v) is 2.77. The van der Waals surface area contributed by atoms with E-state index in [1.165, 1.54) is 0 Å². The van der Waals surface area contributed by atoms with Gasteiger partial charge in [-0.05, 0) is 26.2 Å². The van der Waals surface area contributed by atoms with Gasteiger partial charge in [0.1, 0.15) is 12.2 Å². The molecule has 1 aliphatic heterocycles. The van der Waals surface area contributed by atoms with Gasteiger partial charge in [0.2, 0.25) is 0 Å². The van der Waals surface area contributed by atoms with Crippen LogP contribution in [0.2, 0.25) is 0 Å². The minimum absolute atomic E-state index is 0.0106. The Labute approximate surface area is 97.4 Å². The molecule has 0 radical (unpaired) electrons. The second-order valence-electron chi connectivity index (χ2n) is 4.68. The molecule has 0 aromatic carbocycles. The molecule has 2 N–H and O–H groups in total. The van der Waals surface area contributed by atoms with Crippen molar-refractivity contribution in [3.8, 4) is 0 Å². The van der Waals surface area contributed by atoms with Crippen molar-refractivity contribution >= 4 is 0 Å². The van der Waals surface area contributed by atoms with Crippen LogP contribution in [-0.4, -0.2) is 36.7 Å². The quantitative estimate of drug-likeness (QED) is 0.792. The molecule has 0 aromatic rings. The summed E-state index contributed by atoms with van der Waals surface area (Å²) in [6.07, 6.45) is 2.70. The smallest absolute Gasteiger partial charge is 0.168 e. The molecule has 4 atom stereocenters. The lowest BCUT2D eigenvalue weighted by Gasteiger charge is -2.28. The van der Waals surface area contributed by atoms with E-state index < -0.39 is 5.79 Å². The summed E-state index contributed by atoms with van der Waals surface area (Å²) in [5.74, 6) is -0.428. The van der Waals surface area contributed by atoms with Gasteiger partial charge in [-0.15, -0.1) is 0 Å². The van der Waals surface area contributed by atoms with Crippen LogP contribution in [0.5, 0.6) is 0 Å². The van der Waals surface area contributed by atoms with Crippen LogP contribution in [0.1, 0.15) is 40.0 Å². The van der Waals surface area contributed by atoms with Gasteiger partial charge in [0.15, 0.2) is 5.79 Å². The van der Waals surface area contributed by atoms with Gasteiger partial charge in [0.05, 0.1) is 6.10 Å². The minimum Gasteiger partial charge on any atom is -0.376 e. The normalized spacial score (nSPS) is 41.2. The van der Waals surface area contributed by atoms with Crippen LogP contribution in [0, 0.1) is 0 Å². The molecule has 2 aliphatic rings. The Balaban J connectivity index is 2.09. The van der Waals surface area contributed by atoms with Gasteiger partial charge in [-0.2, -0.15) is 0 Å². The Morgan fingerprint density at radius 3 is 2.38 bits per heavy atom. The zero-order valence-corrected chi connectivity index (χ0v) is 10.4. The van der Waals surface area contributed by atoms with E-state index in [0.29, 0.717) is 6.61 Å². The van der Waals surface area contributed by atoms with E-state index in [1.807, 2.05) is 6.92 Å². The van der Waals surface area contributed by atoms with Crippen molar-refractivity contribution in [2.75, 3.05) is 6.61 Å². The van der Waals surface area contributed by atoms with Gasteiger partial charge in [0.25, 0.3) is 0 Å². The number of rotatable bonds is 4. The van der Waals surface area contributed by atoms with E-state index in [0.717, 1.165) is 19.3 Å². The van der Waals surface area contributed by atoms with E-state index in [-0.39, 0.29) is 24.4 Å². The van der Waals surface area contributed by atoms with Crippen LogP contribution in [0.15, 0.2) is 0 Å². The Morgan fingerprint density at radius 1 is 1.19 bits per heavy atom. The fraction of sp³-hybridized carbons (Fsp3) is 1.00. The summed E-state index contributed by atoms with van der Waals surface area (Å²) in [5.41, 5.74) is 6.09. The topological polar surface area (TPSA) is 53.7 Å². The molecule has 1 heterocycles. The van der Waals surface area contributed by atoms with Crippen molar-refractivity contribution in [1.29, 1.82) is 0 Å². The van der Waals surface area contributed by atoms with Crippen molar-refractivity contribution in [3.05, 3.63) is 0 Å². The second kappa shape index (κ2) is 4.61. The van der Waals surface area contributed by atoms with Crippen LogP contribution in [0.25, 0.3) is 0 Å². The van der Waals surface area contributed by atoms with Crippen molar-refractivity contribution in [1.82, 2.24) is 0 Å². The molecule has 16 heavy (non-hydrogen) atoms. The van der Waals surface area contributed by atoms with Gasteiger partial charge >= 0.3 is 0 Å². The highest BCUT2D eigenvalue weighted by molar-refractivity contribution is 5.02. The molecule has 0 bridgehead atoms. The van der Waals surface area contributed by atoms with Crippen molar-refractivity contribution in [3.63, 3.8) is 0 Å². The molecule has 0 aromatic heterocycles. The van der Waals surface area contributed by atoms with Crippen LogP contribution in [0.4, 0.5) is 0 Å². The maximum absolute atomic E-state index is 6.09. The molecule has 1 saturated heterocycles. The summed E-state index contributed by atoms with van der Waals surface area (Å²) < 4.78 is 17.8. The van der Waals surface area contributed by atoms with Crippen LogP contribution in [0.3, 0.4) is 0 Å². The van der Waals surface area contributed by atoms with Gasteiger partial charge in [-0.1, -0.05) is 13.8 Å². The second-order valence-corrected chi connectivity index (χ2v) is 4.68. The van der Waals surface area contributed by atoms with Gasteiger partial charge in [-0.25, -0.2) is 0 Å². The fourth-order valence-electron chi connectivity index (χ4n) is 2.77. The van der Waals surface area contributed by atoms with Crippen molar-refractivity contribution < 1.29 is 14.2 Å². The molecule has 0 spiro atoms. The Kier molecular flexibility index (Phi) is 3.54. The standard InChI is InChI=1S/C12H23NO3/c1-4-12(5-2)15-10-8(13)7-9(14-6-3)11(10)16-12/h8-11H,4-7,13H2,1-3H3/t8-,9+,10+,11-/m1/s1. The molecule has 94 valence electrons. The summed E-state index contributed by atoms with van der Waals surface area (Å²) in [5, 5.41) is 0. The molecular weight excluding hydrogens is 206 g/mol. The van der Waals surface area contributed by atoms with Crippen molar-refractivity contribution in [2.24, 2.45) is 5.73 Å². The van der Waals surface area contributed by atoms with E-state index >= 15 is 0 Å². The van der Waals surface area contributed by atoms with E-state index in [9.17, 15) is 0 Å². The third kappa shape index (κ3) is 1.88. The summed E-state index contributed by atoms with van der Waals surface area (Å²) >= 11 is 0. The number of hydrogen-bond donors (Lipinski definition) is 1. The third-order valence-electron chi connectivity index (χ3n) is 3.78. The van der Waals surface area contributed by atoms with Crippen molar-refractivity contribution in [2.45, 2.75) is 70.2 Å². The molecule has 1 aliphatic carbocycles. The first kappa shape index (κ1) is 12.3. The zero-order chi connectivity index (χ0) is 11.8. The van der Waals surface area contributed by atoms with E-state index in [1.54, 1.807) is 0 Å². The lowest BCUT2D eigenvalue weighted by atomic mass is 10.1. The molecule has 2 rings (SSSR count). The molecule has 0 unspecified atom stereocenters. The first-order valence-electron chi connectivity index (χ1n) is 6.38. The molecule has 4 heteroatoms. The van der Waals surface area contributed by atoms with Gasteiger partial charge in [0, 0.05) is 12.6 Å². The molecule has 4 nitrogen and oxygen atoms in total. The Morgan fingerprint density at radius 2 is 1.81 bits per heavy atom. The average molecular weight is 229 g/mol. The number of fused-ring (bicyclic) bond motifs is 1. The van der Waals surface area contributed by atoms with E-state index in [2.05, 4.69) is 13.8 Å². The number of hydrogen-bond acceptors (Lipinski definition) is 4. The van der Waals surface area contributed by atoms with Crippen LogP contribution >= 0.6 is 0 Å². The van der Waals surface area contributed by atoms with Gasteiger partial charge in [-0.3, -0.25) is 0 Å². The summed E-state index contributed by atoms with van der Waals surface area (Å²) in [6.45, 7) is 6.88. The minimum atomic E-state index is -0.428. The SMILES string of the molecule is CCO[C@H]1C[C@@H](N)[C@@H]2OC(CC)(CC)O[C@@H]21. The molecule has 1 saturated carbocycles. The number of nitrogens with two attached hydrogens (primary N) is 1. The summed E-state index contributed by atoms with van der Waals surface area (Å²) in [6, 6.07) is 0.0431. The lowest BCUT2D eigenvalue weighted by molar-refractivity contribution is -0.196. The highest BCUT2D eigenvalue weighted by Gasteiger charge is 2.55. The van der Waals surface area contributed by atoms with E-state index in [4.69, 9.17) is 19.9 Å². The zero-order valence-electron chi connectivity index (χ0n) is 10.4. The largest absolute Gasteiger partial charge is 0.376 e. The lowest BCUT2D eigenvalue weighted by Crippen LogP contribution is -2.36. The molecule has 0 amide bonds. The van der Waals surface area contributed by atoms with Gasteiger partial charge < -0.3 is 19.9 Å². The predicted molar refractivity (Wildman–Crippen MR) is 61.1 cm³/mol.